The first-order valence-corrected chi connectivity index (χ1v) is 8.39. The van der Waals surface area contributed by atoms with Crippen LogP contribution in [0.1, 0.15) is 23.4 Å². The molecule has 0 amide bonds. The monoisotopic (exact) mass is 377 g/mol. The zero-order valence-corrected chi connectivity index (χ0v) is 14.3. The average molecular weight is 379 g/mol. The van der Waals surface area contributed by atoms with Crippen LogP contribution in [-0.4, -0.2) is 6.54 Å². The lowest BCUT2D eigenvalue weighted by Crippen LogP contribution is -2.22. The third-order valence-corrected chi connectivity index (χ3v) is 5.03. The molecule has 1 aromatic heterocycles. The van der Waals surface area contributed by atoms with Gasteiger partial charge in [-0.05, 0) is 52.3 Å². The minimum atomic E-state index is 0.209. The number of rotatable bonds is 5. The molecule has 0 radical (unpaired) electrons. The van der Waals surface area contributed by atoms with Gasteiger partial charge in [0, 0.05) is 27.4 Å². The van der Waals surface area contributed by atoms with Gasteiger partial charge < -0.3 is 5.32 Å². The number of hydrogen-bond donors (Lipinski definition) is 1. The molecule has 1 nitrogen and oxygen atoms in total. The SMILES string of the molecule is CCNC(Cc1ccc(Br)s1)c1ccc(Cl)cc1Cl. The highest BCUT2D eigenvalue weighted by Gasteiger charge is 2.15. The van der Waals surface area contributed by atoms with Crippen LogP contribution in [0.25, 0.3) is 0 Å². The second-order valence-corrected chi connectivity index (χ2v) is 7.58. The van der Waals surface area contributed by atoms with E-state index in [0.29, 0.717) is 10.0 Å². The van der Waals surface area contributed by atoms with Crippen LogP contribution >= 0.6 is 50.5 Å². The molecule has 1 aromatic carbocycles. The Bertz CT molecular complexity index is 556. The van der Waals surface area contributed by atoms with Crippen molar-refractivity contribution < 1.29 is 0 Å². The summed E-state index contributed by atoms with van der Waals surface area (Å²) in [7, 11) is 0. The number of thiophene rings is 1. The first-order chi connectivity index (χ1) is 9.10. The van der Waals surface area contributed by atoms with Crippen LogP contribution in [0.15, 0.2) is 34.1 Å². The third-order valence-electron chi connectivity index (χ3n) is 2.82. The number of hydrogen-bond acceptors (Lipinski definition) is 2. The van der Waals surface area contributed by atoms with Crippen molar-refractivity contribution in [2.45, 2.75) is 19.4 Å². The van der Waals surface area contributed by atoms with Gasteiger partial charge in [-0.25, -0.2) is 0 Å². The van der Waals surface area contributed by atoms with E-state index in [2.05, 4.69) is 40.3 Å². The van der Waals surface area contributed by atoms with Crippen LogP contribution in [0.3, 0.4) is 0 Å². The molecule has 0 saturated heterocycles. The standard InChI is InChI=1S/C14H14BrCl2NS/c1-2-18-13(8-10-4-6-14(15)19-10)11-5-3-9(16)7-12(11)17/h3-7,13,18H,2,8H2,1H3. The molecule has 19 heavy (non-hydrogen) atoms. The molecule has 1 atom stereocenters. The highest BCUT2D eigenvalue weighted by molar-refractivity contribution is 9.11. The maximum atomic E-state index is 6.30. The van der Waals surface area contributed by atoms with Crippen molar-refractivity contribution in [1.82, 2.24) is 5.32 Å². The van der Waals surface area contributed by atoms with E-state index in [1.807, 2.05) is 12.1 Å². The lowest BCUT2D eigenvalue weighted by atomic mass is 10.0. The summed E-state index contributed by atoms with van der Waals surface area (Å²) >= 11 is 17.5. The summed E-state index contributed by atoms with van der Waals surface area (Å²) in [5, 5.41) is 4.87. The zero-order valence-electron chi connectivity index (χ0n) is 10.4. The van der Waals surface area contributed by atoms with Crippen molar-refractivity contribution >= 4 is 50.5 Å². The highest BCUT2D eigenvalue weighted by Crippen LogP contribution is 2.31. The Labute approximate surface area is 136 Å². The first-order valence-electron chi connectivity index (χ1n) is 6.02. The predicted molar refractivity (Wildman–Crippen MR) is 88.6 cm³/mol. The smallest absolute Gasteiger partial charge is 0.0701 e. The van der Waals surface area contributed by atoms with E-state index in [4.69, 9.17) is 23.2 Å². The molecule has 1 N–H and O–H groups in total. The fourth-order valence-corrected chi connectivity index (χ4v) is 4.05. The first kappa shape index (κ1) is 15.3. The molecule has 0 saturated carbocycles. The molecular weight excluding hydrogens is 365 g/mol. The third kappa shape index (κ3) is 4.20. The van der Waals surface area contributed by atoms with Crippen molar-refractivity contribution in [3.63, 3.8) is 0 Å². The largest absolute Gasteiger partial charge is 0.310 e. The van der Waals surface area contributed by atoms with Gasteiger partial charge in [-0.3, -0.25) is 0 Å². The Kier molecular flexibility index (Phi) is 5.72. The molecule has 0 aliphatic rings. The maximum Gasteiger partial charge on any atom is 0.0701 e. The molecular formula is C14H14BrCl2NS. The van der Waals surface area contributed by atoms with E-state index in [1.165, 1.54) is 4.88 Å². The maximum absolute atomic E-state index is 6.30. The van der Waals surface area contributed by atoms with Crippen LogP contribution < -0.4 is 5.32 Å². The summed E-state index contributed by atoms with van der Waals surface area (Å²) in [6.07, 6.45) is 0.922. The summed E-state index contributed by atoms with van der Waals surface area (Å²) in [5.74, 6) is 0. The van der Waals surface area contributed by atoms with Crippen molar-refractivity contribution in [3.05, 3.63) is 54.6 Å². The van der Waals surface area contributed by atoms with Crippen LogP contribution in [0, 0.1) is 0 Å². The van der Waals surface area contributed by atoms with E-state index < -0.39 is 0 Å². The van der Waals surface area contributed by atoms with Crippen LogP contribution in [0.5, 0.6) is 0 Å². The predicted octanol–water partition coefficient (Wildman–Crippen LogP) is 5.71. The molecule has 0 aliphatic carbocycles. The topological polar surface area (TPSA) is 12.0 Å². The molecule has 102 valence electrons. The van der Waals surface area contributed by atoms with Gasteiger partial charge in [0.05, 0.1) is 3.79 Å². The summed E-state index contributed by atoms with van der Waals surface area (Å²) in [4.78, 5) is 1.32. The fraction of sp³-hybridized carbons (Fsp3) is 0.286. The van der Waals surface area contributed by atoms with Gasteiger partial charge in [0.15, 0.2) is 0 Å². The quantitative estimate of drug-likeness (QED) is 0.702. The van der Waals surface area contributed by atoms with E-state index in [9.17, 15) is 0 Å². The summed E-state index contributed by atoms with van der Waals surface area (Å²) in [6.45, 7) is 3.00. The van der Waals surface area contributed by atoms with Gasteiger partial charge >= 0.3 is 0 Å². The summed E-state index contributed by atoms with van der Waals surface area (Å²) < 4.78 is 1.15. The Hall–Kier alpha value is -0.0600. The van der Waals surface area contributed by atoms with E-state index in [1.54, 1.807) is 17.4 Å². The number of halogens is 3. The average Bonchev–Trinajstić information content (AvgIpc) is 2.74. The Morgan fingerprint density at radius 2 is 2.05 bits per heavy atom. The number of benzene rings is 1. The molecule has 1 heterocycles. The van der Waals surface area contributed by atoms with Crippen molar-refractivity contribution in [3.8, 4) is 0 Å². The van der Waals surface area contributed by atoms with Gasteiger partial charge in [0.1, 0.15) is 0 Å². The van der Waals surface area contributed by atoms with Crippen LogP contribution in [-0.2, 0) is 6.42 Å². The second kappa shape index (κ2) is 7.09. The molecule has 2 aromatic rings. The van der Waals surface area contributed by atoms with Gasteiger partial charge in [-0.15, -0.1) is 11.3 Å². The van der Waals surface area contributed by atoms with Gasteiger partial charge in [0.25, 0.3) is 0 Å². The zero-order chi connectivity index (χ0) is 13.8. The summed E-state index contributed by atoms with van der Waals surface area (Å²) in [6, 6.07) is 10.1. The molecule has 0 bridgehead atoms. The molecule has 0 spiro atoms. The molecule has 0 aliphatic heterocycles. The number of likely N-dealkylation sites (N-methyl/N-ethyl adjacent to an activating group) is 1. The van der Waals surface area contributed by atoms with Gasteiger partial charge in [-0.1, -0.05) is 36.2 Å². The van der Waals surface area contributed by atoms with E-state index in [-0.39, 0.29) is 6.04 Å². The van der Waals surface area contributed by atoms with Crippen molar-refractivity contribution in [2.24, 2.45) is 0 Å². The summed E-state index contributed by atoms with van der Waals surface area (Å²) in [5.41, 5.74) is 1.09. The Morgan fingerprint density at radius 3 is 2.63 bits per heavy atom. The van der Waals surface area contributed by atoms with E-state index in [0.717, 1.165) is 22.3 Å². The van der Waals surface area contributed by atoms with Gasteiger partial charge in [-0.2, -0.15) is 0 Å². The van der Waals surface area contributed by atoms with Crippen LogP contribution in [0.4, 0.5) is 0 Å². The molecule has 1 unspecified atom stereocenters. The normalized spacial score (nSPS) is 12.6. The minimum Gasteiger partial charge on any atom is -0.310 e. The van der Waals surface area contributed by atoms with Crippen molar-refractivity contribution in [2.75, 3.05) is 6.54 Å². The number of nitrogens with one attached hydrogen (secondary N) is 1. The minimum absolute atomic E-state index is 0.209. The lowest BCUT2D eigenvalue weighted by molar-refractivity contribution is 0.553. The highest BCUT2D eigenvalue weighted by atomic mass is 79.9. The van der Waals surface area contributed by atoms with E-state index >= 15 is 0 Å². The molecule has 0 fully saturated rings. The molecule has 5 heteroatoms. The Balaban J connectivity index is 2.23. The second-order valence-electron chi connectivity index (χ2n) is 4.19. The lowest BCUT2D eigenvalue weighted by Gasteiger charge is -2.19. The van der Waals surface area contributed by atoms with Crippen LogP contribution in [0.2, 0.25) is 10.0 Å². The molecule has 2 rings (SSSR count). The fourth-order valence-electron chi connectivity index (χ4n) is 1.99. The van der Waals surface area contributed by atoms with Crippen molar-refractivity contribution in [1.29, 1.82) is 0 Å². The Morgan fingerprint density at radius 1 is 1.26 bits per heavy atom. The van der Waals surface area contributed by atoms with Gasteiger partial charge in [0.2, 0.25) is 0 Å².